The maximum absolute atomic E-state index is 11.7. The van der Waals surface area contributed by atoms with Gasteiger partial charge in [0.2, 0.25) is 0 Å². The Bertz CT molecular complexity index is 227. The van der Waals surface area contributed by atoms with Crippen LogP contribution in [-0.4, -0.2) is 45.0 Å². The smallest absolute Gasteiger partial charge is 0.326 e. The van der Waals surface area contributed by atoms with Crippen LogP contribution in [0.3, 0.4) is 0 Å². The van der Waals surface area contributed by atoms with Gasteiger partial charge in [-0.25, -0.2) is 0 Å². The molecule has 0 unspecified atom stereocenters. The van der Waals surface area contributed by atoms with E-state index in [0.29, 0.717) is 32.8 Å². The molecule has 0 heterocycles. The Labute approximate surface area is 103 Å². The number of esters is 1. The average molecular weight is 245 g/mol. The molecule has 0 spiro atoms. The molecule has 1 aliphatic rings. The number of hydrogen-bond acceptors (Lipinski definition) is 5. The molecular formula is C12H23NO4. The van der Waals surface area contributed by atoms with E-state index in [1.165, 1.54) is 0 Å². The molecule has 0 radical (unpaired) electrons. The summed E-state index contributed by atoms with van der Waals surface area (Å²) in [6.07, 6.45) is 4.23. The van der Waals surface area contributed by atoms with Gasteiger partial charge in [-0.1, -0.05) is 12.8 Å². The average Bonchev–Trinajstić information content (AvgIpc) is 2.76. The highest BCUT2D eigenvalue weighted by atomic mass is 16.5. The van der Waals surface area contributed by atoms with Crippen LogP contribution in [0.1, 0.15) is 32.1 Å². The van der Waals surface area contributed by atoms with Crippen LogP contribution >= 0.6 is 0 Å². The molecular weight excluding hydrogens is 222 g/mol. The fourth-order valence-electron chi connectivity index (χ4n) is 1.92. The van der Waals surface area contributed by atoms with E-state index < -0.39 is 5.54 Å². The third kappa shape index (κ3) is 5.02. The number of carbonyl (C=O) groups excluding carboxylic acids is 1. The number of methoxy groups -OCH3 is 1. The van der Waals surface area contributed by atoms with Gasteiger partial charge in [-0.2, -0.15) is 0 Å². The van der Waals surface area contributed by atoms with Gasteiger partial charge in [0, 0.05) is 20.1 Å². The predicted octanol–water partition coefficient (Wildman–Crippen LogP) is 0.854. The lowest BCUT2D eigenvalue weighted by molar-refractivity contribution is -0.150. The molecule has 0 aromatic carbocycles. The SMILES string of the molecule is COCCOCCCOC(=O)C1(N)CCCC1. The lowest BCUT2D eigenvalue weighted by atomic mass is 10.00. The van der Waals surface area contributed by atoms with Gasteiger partial charge in [0.05, 0.1) is 19.8 Å². The lowest BCUT2D eigenvalue weighted by Crippen LogP contribution is -2.46. The predicted molar refractivity (Wildman–Crippen MR) is 63.7 cm³/mol. The Balaban J connectivity index is 2.00. The van der Waals surface area contributed by atoms with Crippen molar-refractivity contribution in [2.45, 2.75) is 37.6 Å². The molecule has 5 nitrogen and oxygen atoms in total. The first kappa shape index (κ1) is 14.4. The molecule has 1 saturated carbocycles. The molecule has 0 aromatic heterocycles. The minimum absolute atomic E-state index is 0.258. The second-order valence-electron chi connectivity index (χ2n) is 4.46. The van der Waals surface area contributed by atoms with Crippen molar-refractivity contribution in [2.24, 2.45) is 5.73 Å². The highest BCUT2D eigenvalue weighted by Crippen LogP contribution is 2.28. The first-order valence-corrected chi connectivity index (χ1v) is 6.22. The summed E-state index contributed by atoms with van der Waals surface area (Å²) in [7, 11) is 1.63. The summed E-state index contributed by atoms with van der Waals surface area (Å²) in [4.78, 5) is 11.7. The van der Waals surface area contributed by atoms with Crippen LogP contribution in [0.15, 0.2) is 0 Å². The second-order valence-corrected chi connectivity index (χ2v) is 4.46. The zero-order valence-corrected chi connectivity index (χ0v) is 10.6. The number of nitrogens with two attached hydrogens (primary N) is 1. The highest BCUT2D eigenvalue weighted by Gasteiger charge is 2.38. The van der Waals surface area contributed by atoms with E-state index in [1.807, 2.05) is 0 Å². The Hall–Kier alpha value is -0.650. The first-order valence-electron chi connectivity index (χ1n) is 6.22. The maximum atomic E-state index is 11.7. The van der Waals surface area contributed by atoms with Gasteiger partial charge in [-0.15, -0.1) is 0 Å². The molecule has 1 fully saturated rings. The van der Waals surface area contributed by atoms with Gasteiger partial charge in [0.15, 0.2) is 0 Å². The Kier molecular flexibility index (Phi) is 6.47. The summed E-state index contributed by atoms with van der Waals surface area (Å²) in [6, 6.07) is 0. The third-order valence-electron chi connectivity index (χ3n) is 3.00. The fraction of sp³-hybridized carbons (Fsp3) is 0.917. The maximum Gasteiger partial charge on any atom is 0.326 e. The van der Waals surface area contributed by atoms with E-state index in [9.17, 15) is 4.79 Å². The topological polar surface area (TPSA) is 70.8 Å². The van der Waals surface area contributed by atoms with Crippen LogP contribution < -0.4 is 5.73 Å². The van der Waals surface area contributed by atoms with Crippen LogP contribution in [0.5, 0.6) is 0 Å². The molecule has 0 amide bonds. The summed E-state index contributed by atoms with van der Waals surface area (Å²) >= 11 is 0. The van der Waals surface area contributed by atoms with E-state index in [-0.39, 0.29) is 5.97 Å². The van der Waals surface area contributed by atoms with Crippen LogP contribution in [0.2, 0.25) is 0 Å². The van der Waals surface area contributed by atoms with Crippen molar-refractivity contribution in [3.8, 4) is 0 Å². The van der Waals surface area contributed by atoms with Crippen LogP contribution in [0, 0.1) is 0 Å². The molecule has 2 N–H and O–H groups in total. The van der Waals surface area contributed by atoms with Gasteiger partial charge in [0.25, 0.3) is 0 Å². The van der Waals surface area contributed by atoms with Gasteiger partial charge in [-0.3, -0.25) is 4.79 Å². The van der Waals surface area contributed by atoms with Crippen molar-refractivity contribution in [3.63, 3.8) is 0 Å². The monoisotopic (exact) mass is 245 g/mol. The molecule has 0 bridgehead atoms. The molecule has 0 aliphatic heterocycles. The van der Waals surface area contributed by atoms with Crippen molar-refractivity contribution in [3.05, 3.63) is 0 Å². The molecule has 1 rings (SSSR count). The summed E-state index contributed by atoms with van der Waals surface area (Å²) < 4.78 is 15.3. The highest BCUT2D eigenvalue weighted by molar-refractivity contribution is 5.80. The van der Waals surface area contributed by atoms with Crippen molar-refractivity contribution < 1.29 is 19.0 Å². The molecule has 0 aromatic rings. The van der Waals surface area contributed by atoms with Gasteiger partial charge < -0.3 is 19.9 Å². The van der Waals surface area contributed by atoms with E-state index in [1.54, 1.807) is 7.11 Å². The number of ether oxygens (including phenoxy) is 3. The molecule has 5 heteroatoms. The zero-order valence-electron chi connectivity index (χ0n) is 10.6. The van der Waals surface area contributed by atoms with Gasteiger partial charge >= 0.3 is 5.97 Å². The van der Waals surface area contributed by atoms with Crippen molar-refractivity contribution in [1.82, 2.24) is 0 Å². The van der Waals surface area contributed by atoms with E-state index in [2.05, 4.69) is 0 Å². The third-order valence-corrected chi connectivity index (χ3v) is 3.00. The van der Waals surface area contributed by atoms with Crippen molar-refractivity contribution in [1.29, 1.82) is 0 Å². The minimum Gasteiger partial charge on any atom is -0.464 e. The van der Waals surface area contributed by atoms with E-state index in [0.717, 1.165) is 25.7 Å². The molecule has 100 valence electrons. The zero-order chi connectivity index (χ0) is 12.6. The summed E-state index contributed by atoms with van der Waals surface area (Å²) in [5.74, 6) is -0.258. The molecule has 0 atom stereocenters. The van der Waals surface area contributed by atoms with Crippen molar-refractivity contribution in [2.75, 3.05) is 33.5 Å². The minimum atomic E-state index is -0.725. The number of rotatable bonds is 8. The first-order chi connectivity index (χ1) is 8.19. The van der Waals surface area contributed by atoms with Gasteiger partial charge in [0.1, 0.15) is 5.54 Å². The summed E-state index contributed by atoms with van der Waals surface area (Å²) in [6.45, 7) is 2.12. The van der Waals surface area contributed by atoms with Crippen LogP contribution in [0.25, 0.3) is 0 Å². The quantitative estimate of drug-likeness (QED) is 0.507. The summed E-state index contributed by atoms with van der Waals surface area (Å²) in [5.41, 5.74) is 5.24. The van der Waals surface area contributed by atoms with Crippen LogP contribution in [-0.2, 0) is 19.0 Å². The Morgan fingerprint density at radius 3 is 2.53 bits per heavy atom. The summed E-state index contributed by atoms with van der Waals surface area (Å²) in [5, 5.41) is 0. The molecule has 0 saturated heterocycles. The normalized spacial score (nSPS) is 18.2. The number of hydrogen-bond donors (Lipinski definition) is 1. The molecule has 17 heavy (non-hydrogen) atoms. The van der Waals surface area contributed by atoms with Crippen molar-refractivity contribution >= 4 is 5.97 Å². The Morgan fingerprint density at radius 1 is 1.18 bits per heavy atom. The standard InChI is InChI=1S/C12H23NO4/c1-15-9-10-16-7-4-8-17-11(14)12(13)5-2-3-6-12/h2-10,13H2,1H3. The molecule has 1 aliphatic carbocycles. The van der Waals surface area contributed by atoms with E-state index in [4.69, 9.17) is 19.9 Å². The largest absolute Gasteiger partial charge is 0.464 e. The fourth-order valence-corrected chi connectivity index (χ4v) is 1.92. The second kappa shape index (κ2) is 7.63. The van der Waals surface area contributed by atoms with Gasteiger partial charge in [-0.05, 0) is 12.8 Å². The van der Waals surface area contributed by atoms with E-state index >= 15 is 0 Å². The lowest BCUT2D eigenvalue weighted by Gasteiger charge is -2.20. The Morgan fingerprint density at radius 2 is 1.88 bits per heavy atom. The number of carbonyl (C=O) groups is 1. The van der Waals surface area contributed by atoms with Crippen LogP contribution in [0.4, 0.5) is 0 Å².